The molecule has 5 rings (SSSR count). The number of aromatic amines is 1. The second-order valence-corrected chi connectivity index (χ2v) is 9.00. The maximum absolute atomic E-state index is 13.0. The topological polar surface area (TPSA) is 112 Å². The van der Waals surface area contributed by atoms with Crippen molar-refractivity contribution in [2.24, 2.45) is 0 Å². The Balaban J connectivity index is 1.19. The van der Waals surface area contributed by atoms with E-state index in [1.807, 2.05) is 4.90 Å². The summed E-state index contributed by atoms with van der Waals surface area (Å²) in [5, 5.41) is 7.71. The Kier molecular flexibility index (Phi) is 6.85. The maximum atomic E-state index is 13.0. The van der Waals surface area contributed by atoms with E-state index in [1.165, 1.54) is 6.07 Å². The molecule has 14 heteroatoms. The van der Waals surface area contributed by atoms with Crippen molar-refractivity contribution < 1.29 is 22.7 Å². The van der Waals surface area contributed by atoms with Gasteiger partial charge in [-0.1, -0.05) is 12.1 Å². The molecule has 2 aliphatic rings. The Hall–Kier alpha value is -4.25. The van der Waals surface area contributed by atoms with Gasteiger partial charge >= 0.3 is 6.18 Å². The SMILES string of the molecule is [C-]#[N+]c1ccc2c(N3CCOC(CC(=O)N4CCN(c5ncc(C(F)(F)F)cn5)CC4)C3)n[nH]c(=O)c2c1. The minimum Gasteiger partial charge on any atom is -0.374 e. The molecule has 0 spiro atoms. The number of aromatic nitrogens is 4. The number of nitrogens with one attached hydrogen (secondary N) is 1. The normalized spacial score (nSPS) is 18.5. The zero-order chi connectivity index (χ0) is 26.9. The van der Waals surface area contributed by atoms with Crippen LogP contribution in [0.3, 0.4) is 0 Å². The molecule has 0 aliphatic carbocycles. The van der Waals surface area contributed by atoms with E-state index in [0.717, 1.165) is 12.4 Å². The van der Waals surface area contributed by atoms with Crippen LogP contribution in [-0.4, -0.2) is 83.0 Å². The maximum Gasteiger partial charge on any atom is 0.419 e. The summed E-state index contributed by atoms with van der Waals surface area (Å²) in [5.74, 6) is 0.661. The number of carbonyl (C=O) groups is 1. The number of morpholine rings is 1. The Morgan fingerprint density at radius 3 is 2.53 bits per heavy atom. The summed E-state index contributed by atoms with van der Waals surface area (Å²) in [6.07, 6.45) is -3.22. The lowest BCUT2D eigenvalue weighted by Crippen LogP contribution is -2.51. The number of fused-ring (bicyclic) bond motifs is 1. The molecule has 2 aliphatic heterocycles. The fraction of sp³-hybridized carbons (Fsp3) is 0.417. The van der Waals surface area contributed by atoms with E-state index in [4.69, 9.17) is 11.3 Å². The van der Waals surface area contributed by atoms with Gasteiger partial charge in [-0.15, -0.1) is 0 Å². The van der Waals surface area contributed by atoms with Gasteiger partial charge in [0.1, 0.15) is 0 Å². The number of H-pyrrole nitrogens is 1. The van der Waals surface area contributed by atoms with Crippen molar-refractivity contribution in [3.05, 3.63) is 57.9 Å². The molecule has 3 aromatic rings. The second-order valence-electron chi connectivity index (χ2n) is 9.00. The molecule has 1 aromatic carbocycles. The molecule has 1 N–H and O–H groups in total. The van der Waals surface area contributed by atoms with Crippen LogP contribution in [0.1, 0.15) is 12.0 Å². The summed E-state index contributed by atoms with van der Waals surface area (Å²) in [5.41, 5.74) is -0.930. The van der Waals surface area contributed by atoms with E-state index < -0.39 is 11.7 Å². The van der Waals surface area contributed by atoms with Crippen LogP contribution in [0.2, 0.25) is 0 Å². The number of carbonyl (C=O) groups excluding carboxylic acids is 1. The molecule has 2 aromatic heterocycles. The van der Waals surface area contributed by atoms with E-state index in [-0.39, 0.29) is 29.9 Å². The monoisotopic (exact) mass is 528 g/mol. The lowest BCUT2D eigenvalue weighted by molar-refractivity contribution is -0.138. The second kappa shape index (κ2) is 10.3. The van der Waals surface area contributed by atoms with Gasteiger partial charge in [-0.2, -0.15) is 18.3 Å². The highest BCUT2D eigenvalue weighted by molar-refractivity contribution is 5.93. The summed E-state index contributed by atoms with van der Waals surface area (Å²) >= 11 is 0. The van der Waals surface area contributed by atoms with Crippen LogP contribution < -0.4 is 15.4 Å². The number of alkyl halides is 3. The molecule has 4 heterocycles. The summed E-state index contributed by atoms with van der Waals surface area (Å²) in [4.78, 5) is 41.7. The number of piperazine rings is 1. The molecule has 0 radical (unpaired) electrons. The average molecular weight is 528 g/mol. The van der Waals surface area contributed by atoms with Crippen LogP contribution in [0.5, 0.6) is 0 Å². The number of hydrogen-bond acceptors (Lipinski definition) is 8. The number of amides is 1. The smallest absolute Gasteiger partial charge is 0.374 e. The van der Waals surface area contributed by atoms with E-state index >= 15 is 0 Å². The zero-order valence-corrected chi connectivity index (χ0v) is 20.1. The number of halogens is 3. The van der Waals surface area contributed by atoms with Gasteiger partial charge in [-0.05, 0) is 6.07 Å². The van der Waals surface area contributed by atoms with E-state index in [9.17, 15) is 22.8 Å². The van der Waals surface area contributed by atoms with Crippen molar-refractivity contribution in [1.29, 1.82) is 0 Å². The summed E-state index contributed by atoms with van der Waals surface area (Å²) in [7, 11) is 0. The molecule has 1 amide bonds. The molecule has 198 valence electrons. The van der Waals surface area contributed by atoms with Gasteiger partial charge in [-0.3, -0.25) is 9.59 Å². The first kappa shape index (κ1) is 25.4. The van der Waals surface area contributed by atoms with Crippen LogP contribution in [0.25, 0.3) is 15.6 Å². The number of benzene rings is 1. The molecular weight excluding hydrogens is 505 g/mol. The van der Waals surface area contributed by atoms with Crippen molar-refractivity contribution in [2.45, 2.75) is 18.7 Å². The minimum absolute atomic E-state index is 0.0918. The quantitative estimate of drug-likeness (QED) is 0.514. The molecule has 0 saturated carbocycles. The van der Waals surface area contributed by atoms with Crippen LogP contribution in [0, 0.1) is 6.57 Å². The molecule has 2 saturated heterocycles. The lowest BCUT2D eigenvalue weighted by atomic mass is 10.1. The van der Waals surface area contributed by atoms with Crippen molar-refractivity contribution in [3.8, 4) is 0 Å². The highest BCUT2D eigenvalue weighted by Crippen LogP contribution is 2.29. The van der Waals surface area contributed by atoms with E-state index in [2.05, 4.69) is 25.0 Å². The summed E-state index contributed by atoms with van der Waals surface area (Å²) < 4.78 is 44.1. The molecule has 11 nitrogen and oxygen atoms in total. The third-order valence-electron chi connectivity index (χ3n) is 6.60. The van der Waals surface area contributed by atoms with Crippen molar-refractivity contribution >= 4 is 34.1 Å². The third-order valence-corrected chi connectivity index (χ3v) is 6.60. The molecular formula is C24H23F3N8O3. The predicted octanol–water partition coefficient (Wildman–Crippen LogP) is 2.23. The number of nitrogens with zero attached hydrogens (tertiary/aromatic N) is 7. The van der Waals surface area contributed by atoms with Gasteiger partial charge in [0, 0.05) is 62.4 Å². The molecule has 38 heavy (non-hydrogen) atoms. The Morgan fingerprint density at radius 1 is 1.11 bits per heavy atom. The van der Waals surface area contributed by atoms with Crippen LogP contribution in [-0.2, 0) is 15.7 Å². The number of hydrogen-bond donors (Lipinski definition) is 1. The first-order chi connectivity index (χ1) is 18.2. The first-order valence-electron chi connectivity index (χ1n) is 11.9. The van der Waals surface area contributed by atoms with Gasteiger partial charge in [-0.25, -0.2) is 19.9 Å². The van der Waals surface area contributed by atoms with Crippen molar-refractivity contribution in [3.63, 3.8) is 0 Å². The molecule has 2 fully saturated rings. The standard InChI is InChI=1S/C24H23F3N8O3/c1-28-16-2-3-18-19(10-16)22(37)32-31-21(18)35-8-9-38-17(14-35)11-20(36)33-4-6-34(7-5-33)23-29-12-15(13-30-23)24(25,26)27/h2-3,10,12-13,17H,4-9,11,14H2,(H,32,37). The Bertz CT molecular complexity index is 1430. The highest BCUT2D eigenvalue weighted by Gasteiger charge is 2.32. The van der Waals surface area contributed by atoms with Crippen LogP contribution in [0.15, 0.2) is 35.4 Å². The molecule has 1 atom stereocenters. The van der Waals surface area contributed by atoms with Gasteiger partial charge in [0.2, 0.25) is 11.9 Å². The van der Waals surface area contributed by atoms with Gasteiger partial charge < -0.3 is 19.4 Å². The lowest BCUT2D eigenvalue weighted by Gasteiger charge is -2.37. The average Bonchev–Trinajstić information content (AvgIpc) is 2.93. The largest absolute Gasteiger partial charge is 0.419 e. The van der Waals surface area contributed by atoms with E-state index in [0.29, 0.717) is 68.2 Å². The Morgan fingerprint density at radius 2 is 1.84 bits per heavy atom. The fourth-order valence-electron chi connectivity index (χ4n) is 4.60. The Labute approximate surface area is 214 Å². The first-order valence-corrected chi connectivity index (χ1v) is 11.9. The predicted molar refractivity (Wildman–Crippen MR) is 131 cm³/mol. The molecule has 1 unspecified atom stereocenters. The van der Waals surface area contributed by atoms with Crippen LogP contribution >= 0.6 is 0 Å². The summed E-state index contributed by atoms with van der Waals surface area (Å²) in [6, 6.07) is 4.87. The highest BCUT2D eigenvalue weighted by atomic mass is 19.4. The minimum atomic E-state index is -4.50. The number of ether oxygens (including phenoxy) is 1. The summed E-state index contributed by atoms with van der Waals surface area (Å²) in [6.45, 7) is 10.0. The fourth-order valence-corrected chi connectivity index (χ4v) is 4.60. The van der Waals surface area contributed by atoms with Gasteiger partial charge in [0.25, 0.3) is 5.56 Å². The van der Waals surface area contributed by atoms with Gasteiger partial charge in [0.15, 0.2) is 11.5 Å². The van der Waals surface area contributed by atoms with E-state index in [1.54, 1.807) is 21.9 Å². The number of rotatable bonds is 4. The van der Waals surface area contributed by atoms with Crippen molar-refractivity contribution in [2.75, 3.05) is 55.7 Å². The van der Waals surface area contributed by atoms with Crippen molar-refractivity contribution in [1.82, 2.24) is 25.1 Å². The van der Waals surface area contributed by atoms with Crippen LogP contribution in [0.4, 0.5) is 30.6 Å². The number of anilines is 2. The van der Waals surface area contributed by atoms with Gasteiger partial charge in [0.05, 0.1) is 31.3 Å². The zero-order valence-electron chi connectivity index (χ0n) is 20.1. The molecule has 0 bridgehead atoms. The third kappa shape index (κ3) is 5.23.